The molecule has 0 saturated carbocycles. The predicted octanol–water partition coefficient (Wildman–Crippen LogP) is 1.24. The average Bonchev–Trinajstić information content (AvgIpc) is 2.59. The van der Waals surface area contributed by atoms with E-state index in [4.69, 9.17) is 4.74 Å². The van der Waals surface area contributed by atoms with Gasteiger partial charge in [-0.05, 0) is 6.92 Å². The van der Waals surface area contributed by atoms with Crippen molar-refractivity contribution in [3.8, 4) is 0 Å². The van der Waals surface area contributed by atoms with Gasteiger partial charge in [-0.15, -0.1) is 0 Å². The molecule has 1 unspecified atom stereocenters. The molecule has 24 heavy (non-hydrogen) atoms. The van der Waals surface area contributed by atoms with Crippen LogP contribution in [0, 0.1) is 0 Å². The zero-order chi connectivity index (χ0) is 19.0. The molecule has 0 N–H and O–H groups in total. The molecule has 0 aromatic heterocycles. The van der Waals surface area contributed by atoms with Crippen LogP contribution in [0.5, 0.6) is 0 Å². The van der Waals surface area contributed by atoms with E-state index in [2.05, 4.69) is 40.5 Å². The van der Waals surface area contributed by atoms with Gasteiger partial charge in [-0.1, -0.05) is 26.3 Å². The molecular formula is C16H20O8. The molecule has 132 valence electrons. The van der Waals surface area contributed by atoms with Crippen LogP contribution in [0.25, 0.3) is 0 Å². The first-order valence-corrected chi connectivity index (χ1v) is 6.51. The number of esters is 4. The monoisotopic (exact) mass is 340 g/mol. The number of carbonyl (C=O) groups excluding carboxylic acids is 4. The maximum atomic E-state index is 10.6. The summed E-state index contributed by atoms with van der Waals surface area (Å²) in [5.74, 6) is -2.35. The fraction of sp³-hybridized carbons (Fsp3) is 0.250. The summed E-state index contributed by atoms with van der Waals surface area (Å²) in [7, 11) is 0. The molecule has 0 aliphatic rings. The van der Waals surface area contributed by atoms with Crippen molar-refractivity contribution < 1.29 is 38.1 Å². The number of rotatable bonds is 9. The van der Waals surface area contributed by atoms with Crippen LogP contribution in [0.3, 0.4) is 0 Å². The van der Waals surface area contributed by atoms with E-state index in [9.17, 15) is 19.2 Å². The van der Waals surface area contributed by atoms with Gasteiger partial charge in [-0.3, -0.25) is 0 Å². The predicted molar refractivity (Wildman–Crippen MR) is 84.4 cm³/mol. The summed E-state index contributed by atoms with van der Waals surface area (Å²) in [4.78, 5) is 41.9. The first kappa shape index (κ1) is 23.1. The Bertz CT molecular complexity index is 472. The molecule has 8 heteroatoms. The van der Waals surface area contributed by atoms with Crippen molar-refractivity contribution in [3.05, 3.63) is 50.6 Å². The van der Waals surface area contributed by atoms with Crippen LogP contribution in [-0.4, -0.2) is 43.4 Å². The molecule has 0 rings (SSSR count). The average molecular weight is 340 g/mol. The van der Waals surface area contributed by atoms with Gasteiger partial charge < -0.3 is 18.9 Å². The summed E-state index contributed by atoms with van der Waals surface area (Å²) in [5.41, 5.74) is 0. The lowest BCUT2D eigenvalue weighted by Crippen LogP contribution is -2.20. The fourth-order valence-electron chi connectivity index (χ4n) is 0.802. The van der Waals surface area contributed by atoms with Crippen molar-refractivity contribution in [1.29, 1.82) is 0 Å². The Morgan fingerprint density at radius 3 is 1.50 bits per heavy atom. The number of ether oxygens (including phenoxy) is 4. The molecule has 0 aliphatic carbocycles. The molecule has 0 fully saturated rings. The van der Waals surface area contributed by atoms with Crippen LogP contribution in [0.4, 0.5) is 0 Å². The van der Waals surface area contributed by atoms with E-state index >= 15 is 0 Å². The summed E-state index contributed by atoms with van der Waals surface area (Å²) in [6.07, 6.45) is 3.56. The van der Waals surface area contributed by atoms with E-state index in [0.29, 0.717) is 0 Å². The number of hydrogen-bond acceptors (Lipinski definition) is 8. The topological polar surface area (TPSA) is 105 Å². The van der Waals surface area contributed by atoms with Crippen molar-refractivity contribution in [2.45, 2.75) is 13.0 Å². The second-order valence-electron chi connectivity index (χ2n) is 3.74. The Kier molecular flexibility index (Phi) is 14.2. The Balaban J connectivity index is 0. The molecular weight excluding hydrogens is 320 g/mol. The first-order chi connectivity index (χ1) is 11.3. The molecule has 0 aromatic carbocycles. The minimum atomic E-state index is -0.637. The minimum Gasteiger partial charge on any atom is -0.459 e. The van der Waals surface area contributed by atoms with Gasteiger partial charge >= 0.3 is 23.9 Å². The lowest BCUT2D eigenvalue weighted by Gasteiger charge is -2.10. The van der Waals surface area contributed by atoms with Crippen LogP contribution < -0.4 is 0 Å². The minimum absolute atomic E-state index is 0.0183. The van der Waals surface area contributed by atoms with E-state index < -0.39 is 36.8 Å². The normalized spacial score (nSPS) is 9.71. The second kappa shape index (κ2) is 14.8. The van der Waals surface area contributed by atoms with Crippen LogP contribution in [-0.2, 0) is 38.1 Å². The highest BCUT2D eigenvalue weighted by molar-refractivity contribution is 5.83. The van der Waals surface area contributed by atoms with E-state index in [1.54, 1.807) is 6.92 Å². The highest BCUT2D eigenvalue weighted by Gasteiger charge is 2.07. The zero-order valence-electron chi connectivity index (χ0n) is 13.4. The third kappa shape index (κ3) is 15.2. The first-order valence-electron chi connectivity index (χ1n) is 6.51. The van der Waals surface area contributed by atoms with Crippen molar-refractivity contribution in [3.63, 3.8) is 0 Å². The van der Waals surface area contributed by atoms with Gasteiger partial charge in [0.15, 0.2) is 0 Å². The zero-order valence-corrected chi connectivity index (χ0v) is 13.4. The van der Waals surface area contributed by atoms with Gasteiger partial charge in [-0.2, -0.15) is 0 Å². The van der Waals surface area contributed by atoms with Crippen LogP contribution >= 0.6 is 0 Å². The van der Waals surface area contributed by atoms with Crippen molar-refractivity contribution in [2.24, 2.45) is 0 Å². The van der Waals surface area contributed by atoms with E-state index in [1.807, 2.05) is 0 Å². The van der Waals surface area contributed by atoms with Gasteiger partial charge in [-0.25, -0.2) is 19.2 Å². The van der Waals surface area contributed by atoms with Gasteiger partial charge in [0.2, 0.25) is 6.79 Å². The highest BCUT2D eigenvalue weighted by atomic mass is 16.7. The van der Waals surface area contributed by atoms with Crippen molar-refractivity contribution in [2.75, 3.05) is 13.4 Å². The van der Waals surface area contributed by atoms with E-state index in [1.165, 1.54) is 0 Å². The van der Waals surface area contributed by atoms with Crippen molar-refractivity contribution in [1.82, 2.24) is 0 Å². The lowest BCUT2D eigenvalue weighted by molar-refractivity contribution is -0.160. The van der Waals surface area contributed by atoms with Gasteiger partial charge in [0.05, 0.1) is 0 Å². The second-order valence-corrected chi connectivity index (χ2v) is 3.74. The van der Waals surface area contributed by atoms with E-state index in [-0.39, 0.29) is 6.61 Å². The third-order valence-electron chi connectivity index (χ3n) is 1.85. The highest BCUT2D eigenvalue weighted by Crippen LogP contribution is 1.94. The Labute approximate surface area is 140 Å². The van der Waals surface area contributed by atoms with Crippen LogP contribution in [0.2, 0.25) is 0 Å². The lowest BCUT2D eigenvalue weighted by atomic mass is 10.4. The Morgan fingerprint density at radius 1 is 0.750 bits per heavy atom. The maximum absolute atomic E-state index is 10.6. The maximum Gasteiger partial charge on any atom is 0.333 e. The van der Waals surface area contributed by atoms with E-state index in [0.717, 1.165) is 24.3 Å². The van der Waals surface area contributed by atoms with Gasteiger partial charge in [0.1, 0.15) is 12.7 Å². The Morgan fingerprint density at radius 2 is 1.12 bits per heavy atom. The SMILES string of the molecule is C=CC(=O)OCC(C)OC(=O)C=C.C=CC(=O)OCOC(=O)C=C. The molecule has 0 amide bonds. The molecule has 0 spiro atoms. The molecule has 0 bridgehead atoms. The summed E-state index contributed by atoms with van der Waals surface area (Å²) in [6, 6.07) is 0. The quantitative estimate of drug-likeness (QED) is 0.267. The van der Waals surface area contributed by atoms with Crippen LogP contribution in [0.1, 0.15) is 6.92 Å². The summed E-state index contributed by atoms with van der Waals surface area (Å²) < 4.78 is 18.0. The number of hydrogen-bond donors (Lipinski definition) is 0. The summed E-state index contributed by atoms with van der Waals surface area (Å²) >= 11 is 0. The van der Waals surface area contributed by atoms with Crippen LogP contribution in [0.15, 0.2) is 50.6 Å². The third-order valence-corrected chi connectivity index (χ3v) is 1.85. The molecule has 0 aromatic rings. The summed E-state index contributed by atoms with van der Waals surface area (Å²) in [5, 5.41) is 0. The molecule has 0 radical (unpaired) electrons. The largest absolute Gasteiger partial charge is 0.459 e. The molecule has 1 atom stereocenters. The van der Waals surface area contributed by atoms with Crippen molar-refractivity contribution >= 4 is 23.9 Å². The summed E-state index contributed by atoms with van der Waals surface area (Å²) in [6.45, 7) is 14.0. The fourth-order valence-corrected chi connectivity index (χ4v) is 0.802. The Hall–Kier alpha value is -3.16. The molecule has 0 aliphatic heterocycles. The molecule has 0 saturated heterocycles. The standard InChI is InChI=1S/C9H12O4.C7H8O4/c1-4-8(10)12-6-7(3)13-9(11)5-2;1-3-6(8)10-5-11-7(9)4-2/h4-5,7H,1-2,6H2,3H3;3-4H,1-2,5H2. The molecule has 0 heterocycles. The van der Waals surface area contributed by atoms with Gasteiger partial charge in [0, 0.05) is 24.3 Å². The molecule has 8 nitrogen and oxygen atoms in total. The van der Waals surface area contributed by atoms with Gasteiger partial charge in [0.25, 0.3) is 0 Å². The number of carbonyl (C=O) groups is 4. The smallest absolute Gasteiger partial charge is 0.333 e.